The van der Waals surface area contributed by atoms with Crippen LogP contribution in [-0.2, 0) is 14.3 Å². The van der Waals surface area contributed by atoms with Crippen molar-refractivity contribution < 1.29 is 23.9 Å². The molecular weight excluding hydrogens is 348 g/mol. The molecule has 0 bridgehead atoms. The third kappa shape index (κ3) is 6.81. The van der Waals surface area contributed by atoms with E-state index in [-0.39, 0.29) is 19.1 Å². The molecule has 2 aromatic rings. The van der Waals surface area contributed by atoms with Gasteiger partial charge in [-0.05, 0) is 50.2 Å². The average molecular weight is 370 g/mol. The summed E-state index contributed by atoms with van der Waals surface area (Å²) in [6.07, 6.45) is 0. The molecule has 0 atom stereocenters. The van der Waals surface area contributed by atoms with Gasteiger partial charge in [-0.25, -0.2) is 4.79 Å². The first kappa shape index (κ1) is 20.0. The maximum absolute atomic E-state index is 11.9. The predicted octanol–water partition coefficient (Wildman–Crippen LogP) is 2.31. The minimum absolute atomic E-state index is 0.176. The van der Waals surface area contributed by atoms with Gasteiger partial charge < -0.3 is 20.1 Å². The molecule has 7 heteroatoms. The van der Waals surface area contributed by atoms with Gasteiger partial charge in [0.25, 0.3) is 5.91 Å². The Bertz CT molecular complexity index is 785. The second-order valence-electron chi connectivity index (χ2n) is 5.72. The maximum Gasteiger partial charge on any atom is 0.338 e. The number of benzene rings is 2. The van der Waals surface area contributed by atoms with E-state index >= 15 is 0 Å². The number of rotatable bonds is 8. The first-order valence-corrected chi connectivity index (χ1v) is 8.51. The SMILES string of the molecule is CCOC(=O)c1ccc(NC(=O)CNC(=O)COc2ccc(C)cc2)cc1. The molecule has 0 heterocycles. The molecule has 0 aliphatic heterocycles. The number of aryl methyl sites for hydroxylation is 1. The normalized spacial score (nSPS) is 10.0. The highest BCUT2D eigenvalue weighted by Gasteiger charge is 2.09. The van der Waals surface area contributed by atoms with E-state index in [9.17, 15) is 14.4 Å². The molecule has 2 N–H and O–H groups in total. The van der Waals surface area contributed by atoms with Gasteiger partial charge in [0.15, 0.2) is 6.61 Å². The van der Waals surface area contributed by atoms with E-state index in [2.05, 4.69) is 10.6 Å². The minimum Gasteiger partial charge on any atom is -0.484 e. The van der Waals surface area contributed by atoms with Crippen molar-refractivity contribution >= 4 is 23.5 Å². The van der Waals surface area contributed by atoms with Crippen LogP contribution in [0.4, 0.5) is 5.69 Å². The Morgan fingerprint density at radius 3 is 2.22 bits per heavy atom. The van der Waals surface area contributed by atoms with E-state index in [1.807, 2.05) is 19.1 Å². The second-order valence-corrected chi connectivity index (χ2v) is 5.72. The van der Waals surface area contributed by atoms with Crippen molar-refractivity contribution in [2.45, 2.75) is 13.8 Å². The van der Waals surface area contributed by atoms with E-state index in [1.165, 1.54) is 0 Å². The molecule has 0 saturated carbocycles. The van der Waals surface area contributed by atoms with Crippen molar-refractivity contribution in [2.24, 2.45) is 0 Å². The van der Waals surface area contributed by atoms with Gasteiger partial charge in [0.1, 0.15) is 5.75 Å². The zero-order valence-electron chi connectivity index (χ0n) is 15.3. The molecule has 0 saturated heterocycles. The van der Waals surface area contributed by atoms with Crippen molar-refractivity contribution in [3.63, 3.8) is 0 Å². The molecule has 2 amide bonds. The van der Waals surface area contributed by atoms with Crippen LogP contribution < -0.4 is 15.4 Å². The lowest BCUT2D eigenvalue weighted by molar-refractivity contribution is -0.125. The number of esters is 1. The van der Waals surface area contributed by atoms with E-state index < -0.39 is 11.9 Å². The summed E-state index contributed by atoms with van der Waals surface area (Å²) in [7, 11) is 0. The molecule has 7 nitrogen and oxygen atoms in total. The Balaban J connectivity index is 1.72. The van der Waals surface area contributed by atoms with Crippen LogP contribution in [-0.4, -0.2) is 37.5 Å². The van der Waals surface area contributed by atoms with Crippen molar-refractivity contribution in [3.8, 4) is 5.75 Å². The maximum atomic E-state index is 11.9. The van der Waals surface area contributed by atoms with Crippen molar-refractivity contribution in [3.05, 3.63) is 59.7 Å². The van der Waals surface area contributed by atoms with Gasteiger partial charge in [0.2, 0.25) is 5.91 Å². The summed E-state index contributed by atoms with van der Waals surface area (Å²) >= 11 is 0. The van der Waals surface area contributed by atoms with E-state index in [0.29, 0.717) is 23.6 Å². The minimum atomic E-state index is -0.420. The van der Waals surface area contributed by atoms with Gasteiger partial charge in [-0.2, -0.15) is 0 Å². The highest BCUT2D eigenvalue weighted by molar-refractivity contribution is 5.95. The Morgan fingerprint density at radius 1 is 0.926 bits per heavy atom. The molecule has 0 spiro atoms. The number of hydrogen-bond acceptors (Lipinski definition) is 5. The molecule has 0 unspecified atom stereocenters. The van der Waals surface area contributed by atoms with E-state index in [1.54, 1.807) is 43.3 Å². The summed E-state index contributed by atoms with van der Waals surface area (Å²) in [4.78, 5) is 35.2. The summed E-state index contributed by atoms with van der Waals surface area (Å²) in [5.74, 6) is -0.621. The number of anilines is 1. The van der Waals surface area contributed by atoms with Crippen LogP contribution in [0.25, 0.3) is 0 Å². The zero-order chi connectivity index (χ0) is 19.6. The Labute approximate surface area is 157 Å². The molecule has 0 aromatic heterocycles. The van der Waals surface area contributed by atoms with Crippen LogP contribution in [0.2, 0.25) is 0 Å². The first-order chi connectivity index (χ1) is 13.0. The van der Waals surface area contributed by atoms with Crippen LogP contribution in [0.15, 0.2) is 48.5 Å². The summed E-state index contributed by atoms with van der Waals surface area (Å²) in [6, 6.07) is 13.6. The third-order valence-corrected chi connectivity index (χ3v) is 3.52. The Hall–Kier alpha value is -3.35. The summed E-state index contributed by atoms with van der Waals surface area (Å²) < 4.78 is 10.2. The highest BCUT2D eigenvalue weighted by atomic mass is 16.5. The number of ether oxygens (including phenoxy) is 2. The van der Waals surface area contributed by atoms with Crippen LogP contribution in [0.1, 0.15) is 22.8 Å². The molecule has 2 rings (SSSR count). The molecule has 142 valence electrons. The predicted molar refractivity (Wildman–Crippen MR) is 101 cm³/mol. The Kier molecular flexibility index (Phi) is 7.37. The molecule has 0 radical (unpaired) electrons. The van der Waals surface area contributed by atoms with Gasteiger partial charge in [0.05, 0.1) is 18.7 Å². The number of hydrogen-bond donors (Lipinski definition) is 2. The average Bonchev–Trinajstić information content (AvgIpc) is 2.66. The number of nitrogens with one attached hydrogen (secondary N) is 2. The van der Waals surface area contributed by atoms with Crippen LogP contribution in [0.3, 0.4) is 0 Å². The van der Waals surface area contributed by atoms with E-state index in [4.69, 9.17) is 9.47 Å². The van der Waals surface area contributed by atoms with Crippen molar-refractivity contribution in [1.82, 2.24) is 5.32 Å². The lowest BCUT2D eigenvalue weighted by atomic mass is 10.2. The third-order valence-electron chi connectivity index (χ3n) is 3.52. The fourth-order valence-electron chi connectivity index (χ4n) is 2.12. The molecule has 0 aliphatic carbocycles. The van der Waals surface area contributed by atoms with Crippen molar-refractivity contribution in [2.75, 3.05) is 25.1 Å². The van der Waals surface area contributed by atoms with E-state index in [0.717, 1.165) is 5.56 Å². The molecule has 0 fully saturated rings. The smallest absolute Gasteiger partial charge is 0.338 e. The number of amides is 2. The van der Waals surface area contributed by atoms with Gasteiger partial charge in [-0.15, -0.1) is 0 Å². The summed E-state index contributed by atoms with van der Waals surface area (Å²) in [6.45, 7) is 3.62. The fraction of sp³-hybridized carbons (Fsp3) is 0.250. The lowest BCUT2D eigenvalue weighted by Gasteiger charge is -2.09. The monoisotopic (exact) mass is 370 g/mol. The van der Waals surface area contributed by atoms with Crippen molar-refractivity contribution in [1.29, 1.82) is 0 Å². The topological polar surface area (TPSA) is 93.7 Å². The van der Waals surface area contributed by atoms with Gasteiger partial charge in [-0.3, -0.25) is 9.59 Å². The van der Waals surface area contributed by atoms with Gasteiger partial charge >= 0.3 is 5.97 Å². The molecule has 27 heavy (non-hydrogen) atoms. The largest absolute Gasteiger partial charge is 0.484 e. The molecule has 2 aromatic carbocycles. The van der Waals surface area contributed by atoms with Gasteiger partial charge in [-0.1, -0.05) is 17.7 Å². The number of carbonyl (C=O) groups is 3. The summed E-state index contributed by atoms with van der Waals surface area (Å²) in [5.41, 5.74) is 2.01. The second kappa shape index (κ2) is 9.96. The van der Waals surface area contributed by atoms with Gasteiger partial charge in [0, 0.05) is 5.69 Å². The lowest BCUT2D eigenvalue weighted by Crippen LogP contribution is -2.35. The quantitative estimate of drug-likeness (QED) is 0.696. The summed E-state index contributed by atoms with van der Waals surface area (Å²) in [5, 5.41) is 5.11. The molecular formula is C20H22N2O5. The van der Waals surface area contributed by atoms with Crippen LogP contribution in [0.5, 0.6) is 5.75 Å². The first-order valence-electron chi connectivity index (χ1n) is 8.51. The van der Waals surface area contributed by atoms with Crippen LogP contribution >= 0.6 is 0 Å². The number of carbonyl (C=O) groups excluding carboxylic acids is 3. The zero-order valence-corrected chi connectivity index (χ0v) is 15.3. The van der Waals surface area contributed by atoms with Crippen LogP contribution in [0, 0.1) is 6.92 Å². The Morgan fingerprint density at radius 2 is 1.59 bits per heavy atom. The molecule has 0 aliphatic rings. The fourth-order valence-corrected chi connectivity index (χ4v) is 2.12. The standard InChI is InChI=1S/C20H22N2O5/c1-3-26-20(25)15-6-8-16(9-7-15)22-18(23)12-21-19(24)13-27-17-10-4-14(2)5-11-17/h4-11H,3,12-13H2,1-2H3,(H,21,24)(H,22,23). The highest BCUT2D eigenvalue weighted by Crippen LogP contribution is 2.11.